The normalized spacial score (nSPS) is 23.4. The number of rotatable bonds is 2. The zero-order valence-electron chi connectivity index (χ0n) is 12.0. The molecule has 1 aromatic heterocycles. The molecule has 0 saturated heterocycles. The van der Waals surface area contributed by atoms with Gasteiger partial charge < -0.3 is 0 Å². The molecule has 1 saturated carbocycles. The Morgan fingerprint density at radius 2 is 2.05 bits per heavy atom. The van der Waals surface area contributed by atoms with Crippen LogP contribution < -0.4 is 4.57 Å². The summed E-state index contributed by atoms with van der Waals surface area (Å²) < 4.78 is 4.52. The lowest BCUT2D eigenvalue weighted by molar-refractivity contribution is -0.659. The Kier molecular flexibility index (Phi) is 2.46. The van der Waals surface area contributed by atoms with Crippen molar-refractivity contribution >= 4 is 5.70 Å². The fourth-order valence-corrected chi connectivity index (χ4v) is 3.14. The van der Waals surface area contributed by atoms with Crippen molar-refractivity contribution in [1.82, 2.24) is 4.57 Å². The molecule has 0 amide bonds. The van der Waals surface area contributed by atoms with Gasteiger partial charge in [0.25, 0.3) is 5.82 Å². The third kappa shape index (κ3) is 1.75. The molecule has 2 aliphatic carbocycles. The largest absolute Gasteiger partial charge is 0.294 e. The highest BCUT2D eigenvalue weighted by Crippen LogP contribution is 2.45. The summed E-state index contributed by atoms with van der Waals surface area (Å²) >= 11 is 0. The lowest BCUT2D eigenvalue weighted by atomic mass is 10.1. The Morgan fingerprint density at radius 1 is 1.20 bits per heavy atom. The smallest absolute Gasteiger partial charge is 0.232 e. The summed E-state index contributed by atoms with van der Waals surface area (Å²) in [7, 11) is 2.12. The maximum Gasteiger partial charge on any atom is 0.294 e. The first-order chi connectivity index (χ1) is 9.74. The summed E-state index contributed by atoms with van der Waals surface area (Å²) in [5.41, 5.74) is 3.92. The zero-order chi connectivity index (χ0) is 13.7. The molecule has 1 fully saturated rings. The lowest BCUT2D eigenvalue weighted by Crippen LogP contribution is -2.29. The van der Waals surface area contributed by atoms with Crippen molar-refractivity contribution < 1.29 is 4.57 Å². The second kappa shape index (κ2) is 4.20. The summed E-state index contributed by atoms with van der Waals surface area (Å²) in [6.45, 7) is 2.18. The molecule has 20 heavy (non-hydrogen) atoms. The van der Waals surface area contributed by atoms with Crippen LogP contribution in [0.5, 0.6) is 0 Å². The molecule has 2 aliphatic rings. The van der Waals surface area contributed by atoms with Crippen LogP contribution in [0.15, 0.2) is 54.9 Å². The number of nitrogens with zero attached hydrogens (tertiary/aromatic N) is 2. The van der Waals surface area contributed by atoms with Crippen LogP contribution in [0.25, 0.3) is 17.1 Å². The van der Waals surface area contributed by atoms with E-state index >= 15 is 0 Å². The monoisotopic (exact) mass is 263 g/mol. The highest BCUT2D eigenvalue weighted by molar-refractivity contribution is 5.68. The molecule has 1 heterocycles. The third-order valence-electron chi connectivity index (χ3n) is 4.46. The fourth-order valence-electron chi connectivity index (χ4n) is 3.14. The third-order valence-corrected chi connectivity index (χ3v) is 4.46. The van der Waals surface area contributed by atoms with Gasteiger partial charge in [-0.15, -0.1) is 0 Å². The highest BCUT2D eigenvalue weighted by atomic mass is 15.1. The Morgan fingerprint density at radius 3 is 2.85 bits per heavy atom. The van der Waals surface area contributed by atoms with E-state index in [2.05, 4.69) is 78.0 Å². The van der Waals surface area contributed by atoms with Gasteiger partial charge in [-0.05, 0) is 49.0 Å². The molecule has 0 spiro atoms. The Balaban J connectivity index is 1.87. The van der Waals surface area contributed by atoms with Crippen LogP contribution in [0, 0.1) is 18.8 Å². The maximum atomic E-state index is 2.42. The van der Waals surface area contributed by atoms with Crippen LogP contribution in [-0.4, -0.2) is 4.57 Å². The van der Waals surface area contributed by atoms with Gasteiger partial charge >= 0.3 is 0 Å². The van der Waals surface area contributed by atoms with E-state index in [1.165, 1.54) is 29.1 Å². The molecule has 100 valence electrons. The number of aryl methyl sites for hydroxylation is 2. The minimum Gasteiger partial charge on any atom is -0.232 e. The molecule has 0 aliphatic heterocycles. The van der Waals surface area contributed by atoms with Crippen molar-refractivity contribution in [2.24, 2.45) is 18.9 Å². The molecule has 0 radical (unpaired) electrons. The number of hydrogen-bond acceptors (Lipinski definition) is 0. The maximum absolute atomic E-state index is 2.42. The number of aromatic nitrogens is 2. The molecule has 2 unspecified atom stereocenters. The van der Waals surface area contributed by atoms with Gasteiger partial charge in [0.1, 0.15) is 18.1 Å². The summed E-state index contributed by atoms with van der Waals surface area (Å²) in [6, 6.07) is 8.59. The van der Waals surface area contributed by atoms with Crippen LogP contribution in [0.4, 0.5) is 0 Å². The summed E-state index contributed by atoms with van der Waals surface area (Å²) in [4.78, 5) is 0. The van der Waals surface area contributed by atoms with E-state index in [4.69, 9.17) is 0 Å². The van der Waals surface area contributed by atoms with E-state index < -0.39 is 0 Å². The molecule has 0 N–H and O–H groups in total. The van der Waals surface area contributed by atoms with Crippen molar-refractivity contribution in [2.45, 2.75) is 13.3 Å². The average Bonchev–Trinajstić information content (AvgIpc) is 3.14. The lowest BCUT2D eigenvalue weighted by Gasteiger charge is -2.08. The van der Waals surface area contributed by atoms with Crippen LogP contribution in [0.1, 0.15) is 12.0 Å². The topological polar surface area (TPSA) is 8.81 Å². The first-order valence-corrected chi connectivity index (χ1v) is 7.27. The molecule has 2 nitrogen and oxygen atoms in total. The number of benzene rings is 1. The Bertz CT molecular complexity index is 734. The van der Waals surface area contributed by atoms with Gasteiger partial charge in [0.2, 0.25) is 0 Å². The number of hydrogen-bond donors (Lipinski definition) is 0. The van der Waals surface area contributed by atoms with Gasteiger partial charge in [-0.25, -0.2) is 4.57 Å². The van der Waals surface area contributed by atoms with Crippen molar-refractivity contribution in [3.63, 3.8) is 0 Å². The van der Waals surface area contributed by atoms with Gasteiger partial charge in [0.15, 0.2) is 0 Å². The first kappa shape index (κ1) is 11.7. The fraction of sp³-hybridized carbons (Fsp3) is 0.278. The minimum atomic E-state index is 0.771. The number of allylic oxidation sites excluding steroid dienone is 4. The van der Waals surface area contributed by atoms with E-state index in [9.17, 15) is 0 Å². The Labute approximate surface area is 119 Å². The predicted molar refractivity (Wildman–Crippen MR) is 80.8 cm³/mol. The van der Waals surface area contributed by atoms with Crippen molar-refractivity contribution in [2.75, 3.05) is 0 Å². The second-order valence-electron chi connectivity index (χ2n) is 5.93. The quantitative estimate of drug-likeness (QED) is 0.735. The van der Waals surface area contributed by atoms with Gasteiger partial charge in [-0.1, -0.05) is 24.3 Å². The molecule has 2 atom stereocenters. The van der Waals surface area contributed by atoms with Crippen molar-refractivity contribution in [3.05, 3.63) is 60.5 Å². The average molecular weight is 263 g/mol. The Hall–Kier alpha value is -2.09. The summed E-state index contributed by atoms with van der Waals surface area (Å²) in [5.74, 6) is 2.83. The van der Waals surface area contributed by atoms with E-state index in [1.54, 1.807) is 0 Å². The van der Waals surface area contributed by atoms with Crippen LogP contribution >= 0.6 is 0 Å². The van der Waals surface area contributed by atoms with E-state index in [1.807, 2.05) is 0 Å². The van der Waals surface area contributed by atoms with Gasteiger partial charge in [0, 0.05) is 0 Å². The minimum absolute atomic E-state index is 0.771. The van der Waals surface area contributed by atoms with Crippen molar-refractivity contribution in [3.8, 4) is 11.4 Å². The van der Waals surface area contributed by atoms with Gasteiger partial charge in [-0.3, -0.25) is 0 Å². The summed E-state index contributed by atoms with van der Waals surface area (Å²) in [5, 5.41) is 0. The standard InChI is InChI=1S/C18H19N2/c1-13-5-3-4-6-17(13)18-19(2)9-10-20(18)16-8-7-14-11-15(14)12-16/h3-10,12,14-15H,11H2,1-2H3/q+1. The summed E-state index contributed by atoms with van der Waals surface area (Å²) in [6.07, 6.45) is 12.7. The zero-order valence-corrected chi connectivity index (χ0v) is 12.0. The molecular formula is C18H19N2+. The van der Waals surface area contributed by atoms with Crippen LogP contribution in [0.2, 0.25) is 0 Å². The van der Waals surface area contributed by atoms with Crippen LogP contribution in [-0.2, 0) is 7.05 Å². The number of imidazole rings is 1. The van der Waals surface area contributed by atoms with Crippen LogP contribution in [0.3, 0.4) is 0 Å². The molecule has 0 bridgehead atoms. The molecule has 2 heteroatoms. The number of fused-ring (bicyclic) bond motifs is 1. The van der Waals surface area contributed by atoms with E-state index in [0.29, 0.717) is 0 Å². The van der Waals surface area contributed by atoms with E-state index in [-0.39, 0.29) is 0 Å². The second-order valence-corrected chi connectivity index (χ2v) is 5.93. The highest BCUT2D eigenvalue weighted by Gasteiger charge is 2.37. The predicted octanol–water partition coefficient (Wildman–Crippen LogP) is 3.33. The van der Waals surface area contributed by atoms with Gasteiger partial charge in [0.05, 0.1) is 12.6 Å². The van der Waals surface area contributed by atoms with E-state index in [0.717, 1.165) is 11.8 Å². The van der Waals surface area contributed by atoms with Gasteiger partial charge in [-0.2, -0.15) is 4.57 Å². The molecule has 4 rings (SSSR count). The first-order valence-electron chi connectivity index (χ1n) is 7.27. The van der Waals surface area contributed by atoms with Crippen molar-refractivity contribution in [1.29, 1.82) is 0 Å². The molecule has 2 aromatic rings. The molecule has 1 aromatic carbocycles. The molecular weight excluding hydrogens is 244 g/mol. The SMILES string of the molecule is Cc1ccccc1-c1n(C2=CC3CC3C=C2)cc[n+]1C.